The summed E-state index contributed by atoms with van der Waals surface area (Å²) >= 11 is 0. The summed E-state index contributed by atoms with van der Waals surface area (Å²) in [6.07, 6.45) is 6.72. The molecular formula is C17H26N2O. The van der Waals surface area contributed by atoms with Crippen molar-refractivity contribution < 1.29 is 5.11 Å². The fourth-order valence-corrected chi connectivity index (χ4v) is 3.88. The summed E-state index contributed by atoms with van der Waals surface area (Å²) in [6.45, 7) is 5.45. The Balaban J connectivity index is 1.79. The zero-order chi connectivity index (χ0) is 14.0. The fourth-order valence-electron chi connectivity index (χ4n) is 3.88. The van der Waals surface area contributed by atoms with Crippen molar-refractivity contribution in [2.24, 2.45) is 0 Å². The van der Waals surface area contributed by atoms with Crippen molar-refractivity contribution in [3.05, 3.63) is 29.8 Å². The highest BCUT2D eigenvalue weighted by Crippen LogP contribution is 2.36. The normalized spacial score (nSPS) is 26.8. The number of phenols is 1. The van der Waals surface area contributed by atoms with Crippen molar-refractivity contribution in [1.29, 1.82) is 0 Å². The summed E-state index contributed by atoms with van der Waals surface area (Å²) in [6, 6.07) is 8.29. The van der Waals surface area contributed by atoms with E-state index in [-0.39, 0.29) is 0 Å². The molecule has 2 N–H and O–H groups in total. The second-order valence-corrected chi connectivity index (χ2v) is 6.62. The molecule has 3 rings (SSSR count). The van der Waals surface area contributed by atoms with E-state index in [1.807, 2.05) is 12.1 Å². The number of nitrogens with one attached hydrogen (secondary N) is 1. The van der Waals surface area contributed by atoms with Gasteiger partial charge in [0, 0.05) is 31.2 Å². The van der Waals surface area contributed by atoms with Crippen LogP contribution in [0.2, 0.25) is 0 Å². The highest BCUT2D eigenvalue weighted by atomic mass is 16.3. The van der Waals surface area contributed by atoms with Gasteiger partial charge in [-0.15, -0.1) is 0 Å². The van der Waals surface area contributed by atoms with Gasteiger partial charge in [-0.25, -0.2) is 0 Å². The molecule has 2 aliphatic rings. The van der Waals surface area contributed by atoms with Gasteiger partial charge in [-0.2, -0.15) is 0 Å². The van der Waals surface area contributed by atoms with Crippen LogP contribution < -0.4 is 5.32 Å². The average molecular weight is 274 g/mol. The van der Waals surface area contributed by atoms with E-state index in [0.717, 1.165) is 19.6 Å². The van der Waals surface area contributed by atoms with Crippen LogP contribution in [0.3, 0.4) is 0 Å². The number of aromatic hydroxyl groups is 1. The number of piperazine rings is 1. The smallest absolute Gasteiger partial charge is 0.115 e. The Morgan fingerprint density at radius 2 is 2.10 bits per heavy atom. The van der Waals surface area contributed by atoms with E-state index < -0.39 is 0 Å². The van der Waals surface area contributed by atoms with Gasteiger partial charge < -0.3 is 10.4 Å². The van der Waals surface area contributed by atoms with E-state index in [1.54, 1.807) is 6.07 Å². The minimum atomic E-state index is 0.343. The Morgan fingerprint density at radius 3 is 2.85 bits per heavy atom. The molecule has 0 radical (unpaired) electrons. The first-order valence-corrected chi connectivity index (χ1v) is 7.94. The van der Waals surface area contributed by atoms with Gasteiger partial charge in [-0.3, -0.25) is 4.90 Å². The Bertz CT molecular complexity index is 454. The van der Waals surface area contributed by atoms with Crippen LogP contribution in [0, 0.1) is 0 Å². The summed E-state index contributed by atoms with van der Waals surface area (Å²) in [5.41, 5.74) is 1.57. The van der Waals surface area contributed by atoms with E-state index in [2.05, 4.69) is 23.2 Å². The predicted octanol–water partition coefficient (Wildman–Crippen LogP) is 2.89. The maximum absolute atomic E-state index is 9.67. The average Bonchev–Trinajstić information content (AvgIpc) is 2.45. The number of hydrogen-bond donors (Lipinski definition) is 2. The third kappa shape index (κ3) is 2.84. The molecule has 110 valence electrons. The van der Waals surface area contributed by atoms with Gasteiger partial charge in [0.05, 0.1) is 0 Å². The molecule has 1 heterocycles. The quantitative estimate of drug-likeness (QED) is 0.870. The molecular weight excluding hydrogens is 248 g/mol. The molecule has 1 atom stereocenters. The number of rotatable bonds is 2. The van der Waals surface area contributed by atoms with Crippen LogP contribution in [0.5, 0.6) is 5.75 Å². The molecule has 1 unspecified atom stereocenters. The van der Waals surface area contributed by atoms with Crippen LogP contribution in [0.1, 0.15) is 44.6 Å². The summed E-state index contributed by atoms with van der Waals surface area (Å²) in [5.74, 6) is 0.378. The van der Waals surface area contributed by atoms with Gasteiger partial charge in [0.15, 0.2) is 0 Å². The first-order valence-electron chi connectivity index (χ1n) is 7.94. The summed E-state index contributed by atoms with van der Waals surface area (Å²) in [4.78, 5) is 2.67. The van der Waals surface area contributed by atoms with Crippen LogP contribution >= 0.6 is 0 Å². The third-order valence-corrected chi connectivity index (χ3v) is 5.01. The zero-order valence-corrected chi connectivity index (χ0v) is 12.4. The lowest BCUT2D eigenvalue weighted by Crippen LogP contribution is -2.64. The maximum atomic E-state index is 9.67. The van der Waals surface area contributed by atoms with Crippen LogP contribution in [-0.2, 0) is 6.54 Å². The number of phenolic OH excluding ortho intramolecular Hbond substituents is 1. The molecule has 0 amide bonds. The Morgan fingerprint density at radius 1 is 1.30 bits per heavy atom. The van der Waals surface area contributed by atoms with Crippen LogP contribution in [0.25, 0.3) is 0 Å². The monoisotopic (exact) mass is 274 g/mol. The third-order valence-electron chi connectivity index (χ3n) is 5.01. The molecule has 1 aliphatic heterocycles. The maximum Gasteiger partial charge on any atom is 0.115 e. The van der Waals surface area contributed by atoms with Crippen molar-refractivity contribution >= 4 is 0 Å². The van der Waals surface area contributed by atoms with Crippen LogP contribution in [0.4, 0.5) is 0 Å². The highest BCUT2D eigenvalue weighted by molar-refractivity contribution is 5.27. The van der Waals surface area contributed by atoms with Gasteiger partial charge >= 0.3 is 0 Å². The first-order chi connectivity index (χ1) is 9.68. The number of benzene rings is 1. The van der Waals surface area contributed by atoms with Gasteiger partial charge in [0.1, 0.15) is 5.75 Å². The standard InChI is InChI=1S/C17H26N2O/c1-14-11-19(12-15-6-5-7-16(20)10-15)17(13-18-14)8-3-2-4-9-17/h5-7,10,14,18,20H,2-4,8-9,11-13H2,1H3. The van der Waals surface area contributed by atoms with Gasteiger partial charge in [0.25, 0.3) is 0 Å². The first kappa shape index (κ1) is 13.9. The Labute approximate surface area is 122 Å². The van der Waals surface area contributed by atoms with Crippen molar-refractivity contribution in [3.63, 3.8) is 0 Å². The van der Waals surface area contributed by atoms with Crippen molar-refractivity contribution in [2.45, 2.75) is 57.2 Å². The largest absolute Gasteiger partial charge is 0.508 e. The van der Waals surface area contributed by atoms with Crippen LogP contribution in [-0.4, -0.2) is 34.7 Å². The predicted molar refractivity (Wildman–Crippen MR) is 81.8 cm³/mol. The second-order valence-electron chi connectivity index (χ2n) is 6.62. The van der Waals surface area contributed by atoms with Crippen molar-refractivity contribution in [1.82, 2.24) is 10.2 Å². The van der Waals surface area contributed by atoms with E-state index in [0.29, 0.717) is 17.3 Å². The Hall–Kier alpha value is -1.06. The molecule has 0 aromatic heterocycles. The molecule has 0 bridgehead atoms. The summed E-state index contributed by atoms with van der Waals surface area (Å²) < 4.78 is 0. The summed E-state index contributed by atoms with van der Waals surface area (Å²) in [5, 5.41) is 13.3. The van der Waals surface area contributed by atoms with Gasteiger partial charge in [-0.1, -0.05) is 31.4 Å². The molecule has 1 saturated carbocycles. The number of nitrogens with zero attached hydrogens (tertiary/aromatic N) is 1. The fraction of sp³-hybridized carbons (Fsp3) is 0.647. The SMILES string of the molecule is CC1CN(Cc2cccc(O)c2)C2(CCCCC2)CN1. The zero-order valence-electron chi connectivity index (χ0n) is 12.4. The molecule has 3 heteroatoms. The highest BCUT2D eigenvalue weighted by Gasteiger charge is 2.41. The minimum absolute atomic E-state index is 0.343. The van der Waals surface area contributed by atoms with E-state index in [9.17, 15) is 5.11 Å². The molecule has 1 aromatic carbocycles. The molecule has 1 aliphatic carbocycles. The molecule has 1 saturated heterocycles. The topological polar surface area (TPSA) is 35.5 Å². The van der Waals surface area contributed by atoms with E-state index >= 15 is 0 Å². The van der Waals surface area contributed by atoms with Crippen molar-refractivity contribution in [3.8, 4) is 5.75 Å². The van der Waals surface area contributed by atoms with Gasteiger partial charge in [-0.05, 0) is 37.5 Å². The molecule has 1 spiro atoms. The molecule has 3 nitrogen and oxygen atoms in total. The van der Waals surface area contributed by atoms with Crippen molar-refractivity contribution in [2.75, 3.05) is 13.1 Å². The second kappa shape index (κ2) is 5.74. The molecule has 1 aromatic rings. The molecule has 20 heavy (non-hydrogen) atoms. The molecule has 2 fully saturated rings. The van der Waals surface area contributed by atoms with E-state index in [1.165, 1.54) is 37.7 Å². The Kier molecular flexibility index (Phi) is 3.99. The lowest BCUT2D eigenvalue weighted by Gasteiger charge is -2.51. The minimum Gasteiger partial charge on any atom is -0.508 e. The van der Waals surface area contributed by atoms with E-state index in [4.69, 9.17) is 0 Å². The van der Waals surface area contributed by atoms with Crippen LogP contribution in [0.15, 0.2) is 24.3 Å². The number of hydrogen-bond acceptors (Lipinski definition) is 3. The van der Waals surface area contributed by atoms with Gasteiger partial charge in [0.2, 0.25) is 0 Å². The summed E-state index contributed by atoms with van der Waals surface area (Å²) in [7, 11) is 0. The lowest BCUT2D eigenvalue weighted by molar-refractivity contribution is 0.00614. The lowest BCUT2D eigenvalue weighted by atomic mass is 9.78.